The van der Waals surface area contributed by atoms with Crippen molar-refractivity contribution in [1.82, 2.24) is 14.5 Å². The highest BCUT2D eigenvalue weighted by atomic mass is 16.2. The smallest absolute Gasteiger partial charge is 0.273 e. The van der Waals surface area contributed by atoms with Gasteiger partial charge in [0, 0.05) is 32.9 Å². The zero-order valence-corrected chi connectivity index (χ0v) is 11.3. The first-order chi connectivity index (χ1) is 8.72. The Bertz CT molecular complexity index is 390. The van der Waals surface area contributed by atoms with Gasteiger partial charge in [0.2, 0.25) is 5.95 Å². The van der Waals surface area contributed by atoms with Gasteiger partial charge in [-0.15, -0.1) is 0 Å². The van der Waals surface area contributed by atoms with E-state index < -0.39 is 0 Å². The van der Waals surface area contributed by atoms with Crippen LogP contribution in [0.3, 0.4) is 0 Å². The molecule has 0 fully saturated rings. The fraction of sp³-hybridized carbons (Fsp3) is 0.692. The molecule has 5 nitrogen and oxygen atoms in total. The molecule has 18 heavy (non-hydrogen) atoms. The number of hydrogen-bond acceptors (Lipinski definition) is 3. The molecule has 1 aromatic rings. The van der Waals surface area contributed by atoms with E-state index in [1.54, 1.807) is 4.90 Å². The molecule has 1 aromatic heterocycles. The molecule has 1 aliphatic heterocycles. The summed E-state index contributed by atoms with van der Waals surface area (Å²) in [5, 5.41) is 3.21. The summed E-state index contributed by atoms with van der Waals surface area (Å²) < 4.78 is 2.02. The second-order valence-corrected chi connectivity index (χ2v) is 4.86. The van der Waals surface area contributed by atoms with Crippen LogP contribution in [0.25, 0.3) is 0 Å². The fourth-order valence-corrected chi connectivity index (χ4v) is 2.18. The lowest BCUT2D eigenvalue weighted by Crippen LogP contribution is -2.28. The maximum Gasteiger partial charge on any atom is 0.273 e. The molecule has 0 unspecified atom stereocenters. The maximum atomic E-state index is 12.2. The Hall–Kier alpha value is -1.52. The van der Waals surface area contributed by atoms with Gasteiger partial charge in [-0.1, -0.05) is 19.8 Å². The Balaban J connectivity index is 1.97. The van der Waals surface area contributed by atoms with Gasteiger partial charge in [-0.25, -0.2) is 4.98 Å². The number of amides is 1. The van der Waals surface area contributed by atoms with Crippen molar-refractivity contribution in [2.75, 3.05) is 25.5 Å². The third kappa shape index (κ3) is 2.83. The summed E-state index contributed by atoms with van der Waals surface area (Å²) in [6.45, 7) is 4.86. The van der Waals surface area contributed by atoms with Gasteiger partial charge < -0.3 is 14.8 Å². The van der Waals surface area contributed by atoms with Gasteiger partial charge in [-0.3, -0.25) is 4.79 Å². The van der Waals surface area contributed by atoms with E-state index in [0.29, 0.717) is 5.69 Å². The Kier molecular flexibility index (Phi) is 4.23. The highest BCUT2D eigenvalue weighted by molar-refractivity contribution is 5.92. The molecule has 0 spiro atoms. The van der Waals surface area contributed by atoms with Gasteiger partial charge >= 0.3 is 0 Å². The van der Waals surface area contributed by atoms with Crippen molar-refractivity contribution in [1.29, 1.82) is 0 Å². The lowest BCUT2D eigenvalue weighted by atomic mass is 10.2. The fourth-order valence-electron chi connectivity index (χ4n) is 2.18. The first-order valence-corrected chi connectivity index (χ1v) is 6.79. The maximum absolute atomic E-state index is 12.2. The number of aryl methyl sites for hydroxylation is 1. The first kappa shape index (κ1) is 12.9. The summed E-state index contributed by atoms with van der Waals surface area (Å²) in [5.41, 5.74) is 0.554. The molecule has 100 valence electrons. The van der Waals surface area contributed by atoms with Gasteiger partial charge in [-0.2, -0.15) is 0 Å². The van der Waals surface area contributed by atoms with Crippen LogP contribution >= 0.6 is 0 Å². The Morgan fingerprint density at radius 1 is 1.56 bits per heavy atom. The van der Waals surface area contributed by atoms with Crippen LogP contribution in [0.5, 0.6) is 0 Å². The molecule has 0 saturated carbocycles. The van der Waals surface area contributed by atoms with Gasteiger partial charge in [-0.05, 0) is 12.8 Å². The number of hydrogen-bond donors (Lipinski definition) is 1. The van der Waals surface area contributed by atoms with Crippen molar-refractivity contribution in [3.05, 3.63) is 11.9 Å². The summed E-state index contributed by atoms with van der Waals surface area (Å²) in [7, 11) is 1.85. The summed E-state index contributed by atoms with van der Waals surface area (Å²) in [6, 6.07) is 0. The van der Waals surface area contributed by atoms with Gasteiger partial charge in [0.05, 0.1) is 0 Å². The summed E-state index contributed by atoms with van der Waals surface area (Å²) in [4.78, 5) is 18.3. The average molecular weight is 250 g/mol. The van der Waals surface area contributed by atoms with E-state index in [1.807, 2.05) is 17.8 Å². The van der Waals surface area contributed by atoms with Crippen LogP contribution in [0, 0.1) is 0 Å². The van der Waals surface area contributed by atoms with Crippen LogP contribution in [0.4, 0.5) is 5.95 Å². The number of imidazole rings is 1. The summed E-state index contributed by atoms with van der Waals surface area (Å²) >= 11 is 0. The molecular formula is C13H22N4O. The Labute approximate surface area is 108 Å². The van der Waals surface area contributed by atoms with E-state index in [0.717, 1.165) is 38.4 Å². The molecule has 0 atom stereocenters. The van der Waals surface area contributed by atoms with Crippen LogP contribution in [-0.2, 0) is 6.54 Å². The predicted molar refractivity (Wildman–Crippen MR) is 71.8 cm³/mol. The Morgan fingerprint density at radius 2 is 2.39 bits per heavy atom. The molecule has 0 bridgehead atoms. The predicted octanol–water partition coefficient (Wildman–Crippen LogP) is 1.96. The number of carbonyl (C=O) groups is 1. The highest BCUT2D eigenvalue weighted by Crippen LogP contribution is 2.15. The molecule has 0 radical (unpaired) electrons. The second kappa shape index (κ2) is 5.89. The second-order valence-electron chi connectivity index (χ2n) is 4.86. The van der Waals surface area contributed by atoms with Crippen LogP contribution in [0.15, 0.2) is 6.20 Å². The van der Waals surface area contributed by atoms with Crippen LogP contribution in [-0.4, -0.2) is 40.5 Å². The average Bonchev–Trinajstić information content (AvgIpc) is 2.81. The minimum absolute atomic E-state index is 0.0230. The number of rotatable bonds is 5. The number of carbonyl (C=O) groups excluding carboxylic acids is 1. The SMILES string of the molecule is CCCCCN(C)C(=O)c1cn2c(n1)NCCC2. The van der Waals surface area contributed by atoms with E-state index in [1.165, 1.54) is 12.8 Å². The molecule has 0 saturated heterocycles. The Morgan fingerprint density at radius 3 is 3.11 bits per heavy atom. The molecule has 2 rings (SSSR count). The third-order valence-electron chi connectivity index (χ3n) is 3.30. The van der Waals surface area contributed by atoms with E-state index in [2.05, 4.69) is 17.2 Å². The number of nitrogens with one attached hydrogen (secondary N) is 1. The lowest BCUT2D eigenvalue weighted by molar-refractivity contribution is 0.0787. The highest BCUT2D eigenvalue weighted by Gasteiger charge is 2.18. The monoisotopic (exact) mass is 250 g/mol. The zero-order valence-electron chi connectivity index (χ0n) is 11.3. The van der Waals surface area contributed by atoms with E-state index in [-0.39, 0.29) is 5.91 Å². The molecule has 0 aromatic carbocycles. The van der Waals surface area contributed by atoms with Crippen molar-refractivity contribution in [2.45, 2.75) is 39.2 Å². The van der Waals surface area contributed by atoms with E-state index in [9.17, 15) is 4.79 Å². The van der Waals surface area contributed by atoms with Gasteiger partial charge in [0.25, 0.3) is 5.91 Å². The van der Waals surface area contributed by atoms with Crippen molar-refractivity contribution in [2.24, 2.45) is 0 Å². The summed E-state index contributed by atoms with van der Waals surface area (Å²) in [5.74, 6) is 0.848. The minimum atomic E-state index is 0.0230. The van der Waals surface area contributed by atoms with Gasteiger partial charge in [0.15, 0.2) is 0 Å². The van der Waals surface area contributed by atoms with Crippen molar-refractivity contribution < 1.29 is 4.79 Å². The lowest BCUT2D eigenvalue weighted by Gasteiger charge is -2.15. The normalized spacial score (nSPS) is 13.9. The van der Waals surface area contributed by atoms with Gasteiger partial charge in [0.1, 0.15) is 5.69 Å². The number of anilines is 1. The van der Waals surface area contributed by atoms with E-state index >= 15 is 0 Å². The van der Waals surface area contributed by atoms with Crippen molar-refractivity contribution in [3.8, 4) is 0 Å². The largest absolute Gasteiger partial charge is 0.356 e. The molecule has 1 amide bonds. The molecule has 1 aliphatic rings. The summed E-state index contributed by atoms with van der Waals surface area (Å²) in [6.07, 6.45) is 6.34. The van der Waals surface area contributed by atoms with Crippen LogP contribution in [0.1, 0.15) is 43.1 Å². The van der Waals surface area contributed by atoms with Crippen LogP contribution < -0.4 is 5.32 Å². The van der Waals surface area contributed by atoms with Crippen molar-refractivity contribution in [3.63, 3.8) is 0 Å². The molecular weight excluding hydrogens is 228 g/mol. The number of fused-ring (bicyclic) bond motifs is 1. The number of unbranched alkanes of at least 4 members (excludes halogenated alkanes) is 2. The molecule has 5 heteroatoms. The standard InChI is InChI=1S/C13H22N4O/c1-3-4-5-8-16(2)12(18)11-10-17-9-6-7-14-13(17)15-11/h10H,3-9H2,1-2H3,(H,14,15). The van der Waals surface area contributed by atoms with Crippen LogP contribution in [0.2, 0.25) is 0 Å². The number of nitrogens with zero attached hydrogens (tertiary/aromatic N) is 3. The third-order valence-corrected chi connectivity index (χ3v) is 3.30. The molecule has 2 heterocycles. The number of aromatic nitrogens is 2. The first-order valence-electron chi connectivity index (χ1n) is 6.79. The van der Waals surface area contributed by atoms with Crippen molar-refractivity contribution >= 4 is 11.9 Å². The topological polar surface area (TPSA) is 50.2 Å². The van der Waals surface area contributed by atoms with E-state index in [4.69, 9.17) is 0 Å². The zero-order chi connectivity index (χ0) is 13.0. The molecule has 1 N–H and O–H groups in total. The quantitative estimate of drug-likeness (QED) is 0.813. The molecule has 0 aliphatic carbocycles. The minimum Gasteiger partial charge on any atom is -0.356 e.